The van der Waals surface area contributed by atoms with Gasteiger partial charge in [0.15, 0.2) is 0 Å². The van der Waals surface area contributed by atoms with Crippen molar-refractivity contribution in [1.29, 1.82) is 0 Å². The van der Waals surface area contributed by atoms with Gasteiger partial charge in [-0.3, -0.25) is 4.79 Å². The van der Waals surface area contributed by atoms with Crippen molar-refractivity contribution in [2.24, 2.45) is 5.92 Å². The molecule has 0 radical (unpaired) electrons. The van der Waals surface area contributed by atoms with Crippen LogP contribution >= 0.6 is 0 Å². The van der Waals surface area contributed by atoms with Crippen LogP contribution < -0.4 is 10.2 Å². The molecule has 5 nitrogen and oxygen atoms in total. The fourth-order valence-corrected chi connectivity index (χ4v) is 2.79. The number of aromatic nitrogens is 2. The van der Waals surface area contributed by atoms with Crippen molar-refractivity contribution in [3.63, 3.8) is 0 Å². The number of hydrogen-bond acceptors (Lipinski definition) is 4. The van der Waals surface area contributed by atoms with Crippen LogP contribution in [-0.4, -0.2) is 29.0 Å². The zero-order chi connectivity index (χ0) is 16.1. The van der Waals surface area contributed by atoms with Crippen molar-refractivity contribution in [3.05, 3.63) is 48.3 Å². The van der Waals surface area contributed by atoms with E-state index >= 15 is 0 Å². The van der Waals surface area contributed by atoms with E-state index in [-0.39, 0.29) is 5.91 Å². The maximum atomic E-state index is 12.1. The second-order valence-corrected chi connectivity index (χ2v) is 6.14. The molecule has 5 heteroatoms. The van der Waals surface area contributed by atoms with Crippen LogP contribution in [0.3, 0.4) is 0 Å². The quantitative estimate of drug-likeness (QED) is 0.943. The van der Waals surface area contributed by atoms with Crippen molar-refractivity contribution in [2.45, 2.75) is 26.2 Å². The summed E-state index contributed by atoms with van der Waals surface area (Å²) in [5.74, 6) is 2.17. The van der Waals surface area contributed by atoms with Gasteiger partial charge in [0.25, 0.3) is 0 Å². The Labute approximate surface area is 136 Å². The van der Waals surface area contributed by atoms with Gasteiger partial charge in [0.2, 0.25) is 5.91 Å². The zero-order valence-electron chi connectivity index (χ0n) is 13.4. The Morgan fingerprint density at radius 1 is 1.22 bits per heavy atom. The van der Waals surface area contributed by atoms with Gasteiger partial charge in [-0.2, -0.15) is 0 Å². The SMILES string of the molecule is CC1CCN(c2cc(NC(=O)Cc3ccccc3)ncn2)CC1. The van der Waals surface area contributed by atoms with Crippen LogP contribution in [-0.2, 0) is 11.2 Å². The lowest BCUT2D eigenvalue weighted by atomic mass is 9.99. The number of piperidine rings is 1. The number of carbonyl (C=O) groups excluding carboxylic acids is 1. The summed E-state index contributed by atoms with van der Waals surface area (Å²) < 4.78 is 0. The highest BCUT2D eigenvalue weighted by atomic mass is 16.1. The number of benzene rings is 1. The molecule has 3 rings (SSSR count). The van der Waals surface area contributed by atoms with Gasteiger partial charge >= 0.3 is 0 Å². The lowest BCUT2D eigenvalue weighted by molar-refractivity contribution is -0.115. The van der Waals surface area contributed by atoms with Crippen LogP contribution in [0, 0.1) is 5.92 Å². The van der Waals surface area contributed by atoms with Crippen LogP contribution in [0.25, 0.3) is 0 Å². The van der Waals surface area contributed by atoms with Crippen molar-refractivity contribution < 1.29 is 4.79 Å². The molecular weight excluding hydrogens is 288 g/mol. The zero-order valence-corrected chi connectivity index (χ0v) is 13.4. The monoisotopic (exact) mass is 310 g/mol. The highest BCUT2D eigenvalue weighted by molar-refractivity contribution is 5.91. The molecule has 0 aliphatic carbocycles. The minimum absolute atomic E-state index is 0.0619. The lowest BCUT2D eigenvalue weighted by Gasteiger charge is -2.31. The molecule has 0 atom stereocenters. The standard InChI is InChI=1S/C18H22N4O/c1-14-7-9-22(10-8-14)17-12-16(19-13-20-17)21-18(23)11-15-5-3-2-4-6-15/h2-6,12-14H,7-11H2,1H3,(H,19,20,21,23). The fourth-order valence-electron chi connectivity index (χ4n) is 2.79. The Kier molecular flexibility index (Phi) is 4.86. The number of rotatable bonds is 4. The summed E-state index contributed by atoms with van der Waals surface area (Å²) in [5.41, 5.74) is 0.990. The third-order valence-electron chi connectivity index (χ3n) is 4.24. The molecule has 1 saturated heterocycles. The maximum Gasteiger partial charge on any atom is 0.229 e. The summed E-state index contributed by atoms with van der Waals surface area (Å²) in [6, 6.07) is 11.6. The van der Waals surface area contributed by atoms with Gasteiger partial charge in [0, 0.05) is 19.2 Å². The van der Waals surface area contributed by atoms with E-state index in [0.29, 0.717) is 12.2 Å². The summed E-state index contributed by atoms with van der Waals surface area (Å²) >= 11 is 0. The lowest BCUT2D eigenvalue weighted by Crippen LogP contribution is -2.33. The molecule has 120 valence electrons. The van der Waals surface area contributed by atoms with Gasteiger partial charge in [0.05, 0.1) is 6.42 Å². The van der Waals surface area contributed by atoms with Crippen LogP contribution in [0.1, 0.15) is 25.3 Å². The van der Waals surface area contributed by atoms with E-state index in [4.69, 9.17) is 0 Å². The predicted molar refractivity (Wildman–Crippen MR) is 91.4 cm³/mol. The number of nitrogens with zero attached hydrogens (tertiary/aromatic N) is 3. The molecule has 2 heterocycles. The van der Waals surface area contributed by atoms with Crippen molar-refractivity contribution in [3.8, 4) is 0 Å². The first-order valence-corrected chi connectivity index (χ1v) is 8.11. The van der Waals surface area contributed by atoms with Gasteiger partial charge in [-0.15, -0.1) is 0 Å². The molecule has 1 aliphatic heterocycles. The van der Waals surface area contributed by atoms with Crippen LogP contribution in [0.4, 0.5) is 11.6 Å². The van der Waals surface area contributed by atoms with Gasteiger partial charge < -0.3 is 10.2 Å². The number of anilines is 2. The molecule has 1 N–H and O–H groups in total. The first kappa shape index (κ1) is 15.5. The molecule has 1 amide bonds. The highest BCUT2D eigenvalue weighted by Gasteiger charge is 2.17. The predicted octanol–water partition coefficient (Wildman–Crippen LogP) is 2.89. The number of amides is 1. The summed E-state index contributed by atoms with van der Waals surface area (Å²) in [5, 5.41) is 2.86. The molecular formula is C18H22N4O. The fraction of sp³-hybridized carbons (Fsp3) is 0.389. The second kappa shape index (κ2) is 7.22. The maximum absolute atomic E-state index is 12.1. The largest absolute Gasteiger partial charge is 0.356 e. The molecule has 1 aromatic heterocycles. The second-order valence-electron chi connectivity index (χ2n) is 6.14. The van der Waals surface area contributed by atoms with Gasteiger partial charge in [-0.1, -0.05) is 37.3 Å². The van der Waals surface area contributed by atoms with E-state index in [1.165, 1.54) is 19.2 Å². The van der Waals surface area contributed by atoms with Crippen LogP contribution in [0.2, 0.25) is 0 Å². The third-order valence-corrected chi connectivity index (χ3v) is 4.24. The Hall–Kier alpha value is -2.43. The van der Waals surface area contributed by atoms with E-state index in [1.54, 1.807) is 0 Å². The minimum Gasteiger partial charge on any atom is -0.356 e. The van der Waals surface area contributed by atoms with Crippen LogP contribution in [0.15, 0.2) is 42.7 Å². The Morgan fingerprint density at radius 3 is 2.70 bits per heavy atom. The first-order valence-electron chi connectivity index (χ1n) is 8.11. The van der Waals surface area contributed by atoms with Crippen molar-refractivity contribution in [2.75, 3.05) is 23.3 Å². The van der Waals surface area contributed by atoms with Crippen molar-refractivity contribution in [1.82, 2.24) is 9.97 Å². The van der Waals surface area contributed by atoms with E-state index in [2.05, 4.69) is 27.1 Å². The van der Waals surface area contributed by atoms with Crippen molar-refractivity contribution >= 4 is 17.5 Å². The van der Waals surface area contributed by atoms with Gasteiger partial charge in [-0.05, 0) is 24.3 Å². The molecule has 1 aromatic carbocycles. The highest BCUT2D eigenvalue weighted by Crippen LogP contribution is 2.22. The molecule has 0 saturated carbocycles. The summed E-state index contributed by atoms with van der Waals surface area (Å²) in [7, 11) is 0. The van der Waals surface area contributed by atoms with E-state index in [1.807, 2.05) is 36.4 Å². The topological polar surface area (TPSA) is 58.1 Å². The van der Waals surface area contributed by atoms with E-state index in [0.717, 1.165) is 30.4 Å². The molecule has 0 spiro atoms. The number of carbonyl (C=O) groups is 1. The average Bonchev–Trinajstić information content (AvgIpc) is 2.56. The Morgan fingerprint density at radius 2 is 1.96 bits per heavy atom. The molecule has 0 bridgehead atoms. The van der Waals surface area contributed by atoms with E-state index in [9.17, 15) is 4.79 Å². The van der Waals surface area contributed by atoms with E-state index < -0.39 is 0 Å². The summed E-state index contributed by atoms with van der Waals surface area (Å²) in [6.07, 6.45) is 4.23. The Bertz CT molecular complexity index is 651. The number of nitrogens with one attached hydrogen (secondary N) is 1. The van der Waals surface area contributed by atoms with Gasteiger partial charge in [-0.25, -0.2) is 9.97 Å². The molecule has 0 unspecified atom stereocenters. The number of hydrogen-bond donors (Lipinski definition) is 1. The summed E-state index contributed by atoms with van der Waals surface area (Å²) in [4.78, 5) is 22.9. The smallest absolute Gasteiger partial charge is 0.229 e. The van der Waals surface area contributed by atoms with Gasteiger partial charge in [0.1, 0.15) is 18.0 Å². The minimum atomic E-state index is -0.0619. The molecule has 1 aliphatic rings. The molecule has 2 aromatic rings. The average molecular weight is 310 g/mol. The first-order chi connectivity index (χ1) is 11.2. The Balaban J connectivity index is 1.62. The van der Waals surface area contributed by atoms with Crippen LogP contribution in [0.5, 0.6) is 0 Å². The molecule has 1 fully saturated rings. The molecule has 23 heavy (non-hydrogen) atoms. The summed E-state index contributed by atoms with van der Waals surface area (Å²) in [6.45, 7) is 4.30. The normalized spacial score (nSPS) is 15.4. The third kappa shape index (κ3) is 4.28.